The van der Waals surface area contributed by atoms with Gasteiger partial charge in [0.05, 0.1) is 0 Å². The molecule has 0 bridgehead atoms. The van der Waals surface area contributed by atoms with Crippen molar-refractivity contribution in [1.29, 1.82) is 0 Å². The first kappa shape index (κ1) is 8.75. The Labute approximate surface area is 83.5 Å². The molecule has 0 atom stereocenters. The Hall–Kier alpha value is -1.83. The maximum atomic E-state index is 4.14. The lowest BCUT2D eigenvalue weighted by molar-refractivity contribution is 1.03. The zero-order valence-electron chi connectivity index (χ0n) is 8.09. The Morgan fingerprint density at radius 2 is 2.00 bits per heavy atom. The summed E-state index contributed by atoms with van der Waals surface area (Å²) in [6, 6.07) is 10.2. The van der Waals surface area contributed by atoms with E-state index >= 15 is 0 Å². The van der Waals surface area contributed by atoms with Crippen LogP contribution >= 0.6 is 0 Å². The molecule has 0 saturated carbocycles. The predicted molar refractivity (Wildman–Crippen MR) is 58.6 cm³/mol. The summed E-state index contributed by atoms with van der Waals surface area (Å²) in [5.41, 5.74) is 1.20. The molecule has 2 heteroatoms. The Morgan fingerprint density at radius 1 is 1.21 bits per heavy atom. The average Bonchev–Trinajstić information content (AvgIpc) is 2.63. The van der Waals surface area contributed by atoms with Crippen molar-refractivity contribution in [3.8, 4) is 0 Å². The Bertz CT molecular complexity index is 427. The highest BCUT2D eigenvalue weighted by Crippen LogP contribution is 2.03. The average molecular weight is 184 g/mol. The summed E-state index contributed by atoms with van der Waals surface area (Å²) in [5, 5.41) is 0. The van der Waals surface area contributed by atoms with Crippen molar-refractivity contribution in [1.82, 2.24) is 9.55 Å². The van der Waals surface area contributed by atoms with Gasteiger partial charge in [-0.2, -0.15) is 0 Å². The molecule has 0 amide bonds. The van der Waals surface area contributed by atoms with Gasteiger partial charge in [0.2, 0.25) is 0 Å². The first-order valence-electron chi connectivity index (χ1n) is 4.59. The van der Waals surface area contributed by atoms with Crippen LogP contribution in [0.5, 0.6) is 0 Å². The monoisotopic (exact) mass is 184 g/mol. The summed E-state index contributed by atoms with van der Waals surface area (Å²) in [6.45, 7) is 1.98. The van der Waals surface area contributed by atoms with Gasteiger partial charge in [-0.1, -0.05) is 30.3 Å². The zero-order chi connectivity index (χ0) is 9.80. The highest BCUT2D eigenvalue weighted by molar-refractivity contribution is 5.60. The van der Waals surface area contributed by atoms with Crippen LogP contribution in [0.2, 0.25) is 0 Å². The largest absolute Gasteiger partial charge is 0.311 e. The molecular weight excluding hydrogens is 172 g/mol. The van der Waals surface area contributed by atoms with Crippen molar-refractivity contribution < 1.29 is 0 Å². The van der Waals surface area contributed by atoms with Crippen LogP contribution in [-0.4, -0.2) is 9.55 Å². The summed E-state index contributed by atoms with van der Waals surface area (Å²) in [4.78, 5) is 4.14. The van der Waals surface area contributed by atoms with Gasteiger partial charge < -0.3 is 4.57 Å². The molecule has 14 heavy (non-hydrogen) atoms. The second kappa shape index (κ2) is 3.92. The molecule has 0 radical (unpaired) electrons. The van der Waals surface area contributed by atoms with Gasteiger partial charge in [-0.05, 0) is 18.6 Å². The summed E-state index contributed by atoms with van der Waals surface area (Å²) >= 11 is 0. The maximum Gasteiger partial charge on any atom is 0.109 e. The van der Waals surface area contributed by atoms with E-state index in [0.717, 1.165) is 5.82 Å². The second-order valence-electron chi connectivity index (χ2n) is 3.11. The lowest BCUT2D eigenvalue weighted by Gasteiger charge is -1.95. The van der Waals surface area contributed by atoms with Gasteiger partial charge in [-0.3, -0.25) is 0 Å². The first-order valence-corrected chi connectivity index (χ1v) is 4.59. The van der Waals surface area contributed by atoms with E-state index in [4.69, 9.17) is 0 Å². The molecular formula is C12H12N2. The molecule has 0 fully saturated rings. The Balaban J connectivity index is 2.20. The van der Waals surface area contributed by atoms with E-state index in [9.17, 15) is 0 Å². The highest BCUT2D eigenvalue weighted by atomic mass is 15.0. The van der Waals surface area contributed by atoms with Crippen LogP contribution in [0.25, 0.3) is 12.3 Å². The molecule has 0 saturated heterocycles. The van der Waals surface area contributed by atoms with Crippen molar-refractivity contribution in [3.63, 3.8) is 0 Å². The molecule has 2 rings (SSSR count). The molecule has 0 aliphatic carbocycles. The number of hydrogen-bond donors (Lipinski definition) is 0. The number of nitrogens with zero attached hydrogens (tertiary/aromatic N) is 2. The fourth-order valence-corrected chi connectivity index (χ4v) is 1.28. The molecule has 0 aliphatic heterocycles. The third kappa shape index (κ3) is 1.91. The van der Waals surface area contributed by atoms with Crippen LogP contribution in [0, 0.1) is 6.92 Å². The molecule has 1 aromatic carbocycles. The van der Waals surface area contributed by atoms with Crippen molar-refractivity contribution in [2.45, 2.75) is 6.92 Å². The third-order valence-electron chi connectivity index (χ3n) is 2.09. The van der Waals surface area contributed by atoms with E-state index in [2.05, 4.69) is 23.2 Å². The van der Waals surface area contributed by atoms with Gasteiger partial charge in [0, 0.05) is 18.6 Å². The normalized spacial score (nSPS) is 10.9. The summed E-state index contributed by atoms with van der Waals surface area (Å²) in [6.07, 6.45) is 7.81. The van der Waals surface area contributed by atoms with Gasteiger partial charge in [-0.25, -0.2) is 4.98 Å². The predicted octanol–water partition coefficient (Wildman–Crippen LogP) is 2.82. The molecule has 0 spiro atoms. The van der Waals surface area contributed by atoms with Crippen LogP contribution in [-0.2, 0) is 0 Å². The van der Waals surface area contributed by atoms with Gasteiger partial charge in [0.1, 0.15) is 5.82 Å². The SMILES string of the molecule is Cc1nccn1/C=C/c1ccccc1. The molecule has 2 nitrogen and oxygen atoms in total. The van der Waals surface area contributed by atoms with E-state index in [0.29, 0.717) is 0 Å². The minimum absolute atomic E-state index is 0.997. The van der Waals surface area contributed by atoms with E-state index in [1.54, 1.807) is 6.20 Å². The van der Waals surface area contributed by atoms with Crippen molar-refractivity contribution in [3.05, 3.63) is 54.1 Å². The smallest absolute Gasteiger partial charge is 0.109 e. The minimum atomic E-state index is 0.997. The minimum Gasteiger partial charge on any atom is -0.311 e. The molecule has 0 unspecified atom stereocenters. The molecule has 0 N–H and O–H groups in total. The summed E-state index contributed by atoms with van der Waals surface area (Å²) < 4.78 is 1.99. The van der Waals surface area contributed by atoms with Gasteiger partial charge in [0.25, 0.3) is 0 Å². The van der Waals surface area contributed by atoms with Crippen LogP contribution < -0.4 is 0 Å². The molecule has 0 aliphatic rings. The molecule has 70 valence electrons. The first-order chi connectivity index (χ1) is 6.86. The number of aromatic nitrogens is 2. The zero-order valence-corrected chi connectivity index (χ0v) is 8.09. The topological polar surface area (TPSA) is 17.8 Å². The fourth-order valence-electron chi connectivity index (χ4n) is 1.28. The summed E-state index contributed by atoms with van der Waals surface area (Å²) in [7, 11) is 0. The number of rotatable bonds is 2. The maximum absolute atomic E-state index is 4.14. The van der Waals surface area contributed by atoms with E-state index in [1.807, 2.05) is 42.1 Å². The van der Waals surface area contributed by atoms with Crippen molar-refractivity contribution >= 4 is 12.3 Å². The van der Waals surface area contributed by atoms with Gasteiger partial charge >= 0.3 is 0 Å². The lowest BCUT2D eigenvalue weighted by Crippen LogP contribution is -1.86. The number of imidazole rings is 1. The van der Waals surface area contributed by atoms with E-state index in [1.165, 1.54) is 5.56 Å². The number of benzene rings is 1. The third-order valence-corrected chi connectivity index (χ3v) is 2.09. The Morgan fingerprint density at radius 3 is 2.64 bits per heavy atom. The van der Waals surface area contributed by atoms with Crippen LogP contribution in [0.15, 0.2) is 42.7 Å². The van der Waals surface area contributed by atoms with Crippen molar-refractivity contribution in [2.24, 2.45) is 0 Å². The van der Waals surface area contributed by atoms with E-state index in [-0.39, 0.29) is 0 Å². The highest BCUT2D eigenvalue weighted by Gasteiger charge is 1.90. The van der Waals surface area contributed by atoms with Crippen molar-refractivity contribution in [2.75, 3.05) is 0 Å². The molecule has 1 heterocycles. The van der Waals surface area contributed by atoms with Gasteiger partial charge in [0.15, 0.2) is 0 Å². The second-order valence-corrected chi connectivity index (χ2v) is 3.11. The van der Waals surface area contributed by atoms with E-state index < -0.39 is 0 Å². The number of aryl methyl sites for hydroxylation is 1. The van der Waals surface area contributed by atoms with Gasteiger partial charge in [-0.15, -0.1) is 0 Å². The Kier molecular flexibility index (Phi) is 2.45. The number of hydrogen-bond acceptors (Lipinski definition) is 1. The lowest BCUT2D eigenvalue weighted by atomic mass is 10.2. The standard InChI is InChI=1S/C12H12N2/c1-11-13-8-10-14(11)9-7-12-5-3-2-4-6-12/h2-10H,1H3/b9-7+. The fraction of sp³-hybridized carbons (Fsp3) is 0.0833. The van der Waals surface area contributed by atoms with Crippen LogP contribution in [0.4, 0.5) is 0 Å². The quantitative estimate of drug-likeness (QED) is 0.701. The van der Waals surface area contributed by atoms with Crippen LogP contribution in [0.3, 0.4) is 0 Å². The molecule has 2 aromatic rings. The summed E-state index contributed by atoms with van der Waals surface area (Å²) in [5.74, 6) is 0.997. The van der Waals surface area contributed by atoms with Crippen LogP contribution in [0.1, 0.15) is 11.4 Å². The molecule has 1 aromatic heterocycles.